The van der Waals surface area contributed by atoms with Crippen molar-refractivity contribution in [2.75, 3.05) is 33.3 Å². The number of benzene rings is 1. The van der Waals surface area contributed by atoms with E-state index in [4.69, 9.17) is 9.26 Å². The molecule has 0 unspecified atom stereocenters. The molecule has 0 bridgehead atoms. The lowest BCUT2D eigenvalue weighted by molar-refractivity contribution is -0.917. The van der Waals surface area contributed by atoms with Crippen LogP contribution in [0.25, 0.3) is 0 Å². The highest BCUT2D eigenvalue weighted by molar-refractivity contribution is 5.96. The molecule has 0 aliphatic carbocycles. The van der Waals surface area contributed by atoms with Crippen molar-refractivity contribution >= 4 is 5.91 Å². The van der Waals surface area contributed by atoms with E-state index in [-0.39, 0.29) is 17.6 Å². The molecule has 2 aromatic rings. The lowest BCUT2D eigenvalue weighted by Gasteiger charge is -2.32. The number of nitrogens with zero attached hydrogens (tertiary/aromatic N) is 2. The Kier molecular flexibility index (Phi) is 5.79. The van der Waals surface area contributed by atoms with Crippen molar-refractivity contribution < 1.29 is 23.3 Å². The molecule has 3 rings (SSSR count). The van der Waals surface area contributed by atoms with Gasteiger partial charge in [-0.2, -0.15) is 0 Å². The summed E-state index contributed by atoms with van der Waals surface area (Å²) in [6, 6.07) is 4.59. The van der Waals surface area contributed by atoms with E-state index in [1.54, 1.807) is 20.1 Å². The summed E-state index contributed by atoms with van der Waals surface area (Å²) in [7, 11) is 1.59. The van der Waals surface area contributed by atoms with E-state index in [2.05, 4.69) is 5.16 Å². The number of quaternary nitrogens is 1. The number of carbonyl (C=O) groups is 1. The van der Waals surface area contributed by atoms with Gasteiger partial charge in [-0.05, 0) is 25.1 Å². The van der Waals surface area contributed by atoms with Gasteiger partial charge in [0.15, 0.2) is 5.76 Å². The molecule has 0 saturated carbocycles. The van der Waals surface area contributed by atoms with Crippen molar-refractivity contribution in [3.8, 4) is 5.75 Å². The zero-order valence-electron chi connectivity index (χ0n) is 16.3. The minimum absolute atomic E-state index is 0.0140. The third-order valence-corrected chi connectivity index (χ3v) is 5.07. The van der Waals surface area contributed by atoms with E-state index in [0.29, 0.717) is 42.4 Å². The second-order valence-electron chi connectivity index (χ2n) is 7.34. The van der Waals surface area contributed by atoms with Crippen molar-refractivity contribution in [1.82, 2.24) is 10.1 Å². The van der Waals surface area contributed by atoms with Crippen LogP contribution < -0.4 is 9.64 Å². The highest BCUT2D eigenvalue weighted by atomic mass is 19.1. The molecule has 2 heterocycles. The smallest absolute Gasteiger partial charge is 0.259 e. The predicted molar refractivity (Wildman–Crippen MR) is 98.6 cm³/mol. The van der Waals surface area contributed by atoms with Crippen LogP contribution in [0.3, 0.4) is 0 Å². The Balaban J connectivity index is 1.65. The van der Waals surface area contributed by atoms with Gasteiger partial charge in [0.1, 0.15) is 23.7 Å². The molecule has 1 saturated heterocycles. The Morgan fingerprint density at radius 3 is 2.70 bits per heavy atom. The highest BCUT2D eigenvalue weighted by Crippen LogP contribution is 2.24. The molecule has 1 aromatic heterocycles. The number of piperazine rings is 1. The number of aromatic nitrogens is 1. The van der Waals surface area contributed by atoms with E-state index in [1.165, 1.54) is 17.0 Å². The number of carbonyl (C=O) groups excluding carboxylic acids is 1. The second-order valence-corrected chi connectivity index (χ2v) is 7.34. The molecule has 7 heteroatoms. The van der Waals surface area contributed by atoms with Crippen LogP contribution in [-0.4, -0.2) is 49.3 Å². The first kappa shape index (κ1) is 19.4. The fourth-order valence-corrected chi connectivity index (χ4v) is 3.56. The molecule has 1 fully saturated rings. The largest absolute Gasteiger partial charge is 0.496 e. The van der Waals surface area contributed by atoms with E-state index >= 15 is 0 Å². The monoisotopic (exact) mass is 376 g/mol. The van der Waals surface area contributed by atoms with Crippen LogP contribution in [0.2, 0.25) is 0 Å². The Hall–Kier alpha value is -2.41. The van der Waals surface area contributed by atoms with Crippen molar-refractivity contribution in [2.45, 2.75) is 33.2 Å². The summed E-state index contributed by atoms with van der Waals surface area (Å²) in [6.07, 6.45) is 0. The third kappa shape index (κ3) is 4.13. The number of hydrogen-bond donors (Lipinski definition) is 1. The van der Waals surface area contributed by atoms with Gasteiger partial charge in [-0.1, -0.05) is 19.0 Å². The maximum Gasteiger partial charge on any atom is 0.259 e. The molecular weight excluding hydrogens is 349 g/mol. The van der Waals surface area contributed by atoms with E-state index < -0.39 is 0 Å². The average Bonchev–Trinajstić information content (AvgIpc) is 3.04. The van der Waals surface area contributed by atoms with Gasteiger partial charge in [0.2, 0.25) is 0 Å². The van der Waals surface area contributed by atoms with Gasteiger partial charge in [-0.15, -0.1) is 0 Å². The average molecular weight is 376 g/mol. The molecule has 1 N–H and O–H groups in total. The Labute approximate surface area is 158 Å². The van der Waals surface area contributed by atoms with Gasteiger partial charge in [0.05, 0.1) is 44.5 Å². The molecule has 1 aliphatic heterocycles. The van der Waals surface area contributed by atoms with Gasteiger partial charge < -0.3 is 19.1 Å². The summed E-state index contributed by atoms with van der Waals surface area (Å²) in [5.41, 5.74) is 2.09. The van der Waals surface area contributed by atoms with Gasteiger partial charge >= 0.3 is 0 Å². The van der Waals surface area contributed by atoms with Crippen LogP contribution in [0.1, 0.15) is 47.1 Å². The van der Waals surface area contributed by atoms with Gasteiger partial charge in [0, 0.05) is 5.92 Å². The molecule has 0 spiro atoms. The third-order valence-electron chi connectivity index (χ3n) is 5.07. The zero-order chi connectivity index (χ0) is 19.6. The molecule has 1 amide bonds. The van der Waals surface area contributed by atoms with Crippen LogP contribution in [0.15, 0.2) is 22.7 Å². The molecule has 27 heavy (non-hydrogen) atoms. The van der Waals surface area contributed by atoms with Gasteiger partial charge in [0.25, 0.3) is 5.91 Å². The number of amides is 1. The summed E-state index contributed by atoms with van der Waals surface area (Å²) in [5.74, 6) is 1.18. The topological polar surface area (TPSA) is 60.0 Å². The van der Waals surface area contributed by atoms with Crippen LogP contribution in [0, 0.1) is 12.7 Å². The van der Waals surface area contributed by atoms with Crippen LogP contribution in [-0.2, 0) is 6.54 Å². The van der Waals surface area contributed by atoms with Crippen molar-refractivity contribution in [3.05, 3.63) is 46.6 Å². The summed E-state index contributed by atoms with van der Waals surface area (Å²) in [6.45, 7) is 9.35. The number of aryl methyl sites for hydroxylation is 1. The summed E-state index contributed by atoms with van der Waals surface area (Å²) in [5, 5.41) is 3.97. The quantitative estimate of drug-likeness (QED) is 0.865. The number of ether oxygens (including phenoxy) is 1. The fraction of sp³-hybridized carbons (Fsp3) is 0.500. The van der Waals surface area contributed by atoms with E-state index in [0.717, 1.165) is 18.7 Å². The van der Waals surface area contributed by atoms with Crippen LogP contribution in [0.5, 0.6) is 5.75 Å². The predicted octanol–water partition coefficient (Wildman–Crippen LogP) is 1.80. The number of nitrogens with one attached hydrogen (secondary N) is 1. The highest BCUT2D eigenvalue weighted by Gasteiger charge is 2.30. The number of halogens is 1. The Bertz CT molecular complexity index is 811. The first-order chi connectivity index (χ1) is 12.9. The first-order valence-electron chi connectivity index (χ1n) is 9.32. The molecule has 6 nitrogen and oxygen atoms in total. The maximum atomic E-state index is 13.6. The molecule has 1 aliphatic rings. The van der Waals surface area contributed by atoms with Crippen molar-refractivity contribution in [3.63, 3.8) is 0 Å². The molecular formula is C20H27FN3O3+. The van der Waals surface area contributed by atoms with Crippen LogP contribution >= 0.6 is 0 Å². The van der Waals surface area contributed by atoms with Crippen LogP contribution in [0.4, 0.5) is 4.39 Å². The zero-order valence-corrected chi connectivity index (χ0v) is 16.3. The maximum absolute atomic E-state index is 13.6. The molecule has 0 atom stereocenters. The molecule has 1 aromatic carbocycles. The summed E-state index contributed by atoms with van der Waals surface area (Å²) < 4.78 is 24.3. The fourth-order valence-electron chi connectivity index (χ4n) is 3.56. The summed E-state index contributed by atoms with van der Waals surface area (Å²) >= 11 is 0. The second kappa shape index (κ2) is 8.08. The minimum atomic E-state index is -0.261. The van der Waals surface area contributed by atoms with E-state index in [9.17, 15) is 9.18 Å². The minimum Gasteiger partial charge on any atom is -0.496 e. The lowest BCUT2D eigenvalue weighted by atomic mass is 10.0. The van der Waals surface area contributed by atoms with Crippen molar-refractivity contribution in [1.29, 1.82) is 0 Å². The Morgan fingerprint density at radius 1 is 1.37 bits per heavy atom. The number of methoxy groups -OCH3 is 1. The first-order valence-corrected chi connectivity index (χ1v) is 9.32. The normalized spacial score (nSPS) is 15.4. The number of rotatable bonds is 5. The van der Waals surface area contributed by atoms with Crippen molar-refractivity contribution in [2.24, 2.45) is 0 Å². The molecule has 0 radical (unpaired) electrons. The Morgan fingerprint density at radius 2 is 2.07 bits per heavy atom. The lowest BCUT2D eigenvalue weighted by Crippen LogP contribution is -3.13. The number of hydrogen-bond acceptors (Lipinski definition) is 4. The standard InChI is InChI=1S/C20H26FN3O3/c1-13(2)19-18(14(3)22-27-19)20(25)24-9-7-23(8-10-24)12-15-11-16(21)5-6-17(15)26-4/h5-6,11,13H,7-10,12H2,1-4H3/p+1. The molecule has 146 valence electrons. The van der Waals surface area contributed by atoms with Gasteiger partial charge in [-0.25, -0.2) is 4.39 Å². The SMILES string of the molecule is COc1ccc(F)cc1C[NH+]1CCN(C(=O)c2c(C)noc2C(C)C)CC1. The summed E-state index contributed by atoms with van der Waals surface area (Å²) in [4.78, 5) is 16.1. The van der Waals surface area contributed by atoms with E-state index in [1.807, 2.05) is 18.7 Å². The van der Waals surface area contributed by atoms with Gasteiger partial charge in [-0.3, -0.25) is 4.79 Å².